The topological polar surface area (TPSA) is 30.5 Å². The smallest absolute Gasteiger partial charge is 0.0669 e. The molecule has 0 saturated carbocycles. The van der Waals surface area contributed by atoms with Crippen LogP contribution in [0.25, 0.3) is 0 Å². The van der Waals surface area contributed by atoms with Gasteiger partial charge in [-0.2, -0.15) is 0 Å². The zero-order valence-corrected chi connectivity index (χ0v) is 13.4. The first-order valence-corrected chi connectivity index (χ1v) is 8.38. The molecule has 0 radical (unpaired) electrons. The van der Waals surface area contributed by atoms with E-state index in [2.05, 4.69) is 11.4 Å². The van der Waals surface area contributed by atoms with Gasteiger partial charge in [0.1, 0.15) is 0 Å². The predicted octanol–water partition coefficient (Wildman–Crippen LogP) is 3.35. The summed E-state index contributed by atoms with van der Waals surface area (Å²) in [6.07, 6.45) is 2.78. The molecule has 1 atom stereocenters. The minimum atomic E-state index is 0.407. The number of methoxy groups -OCH3 is 1. The third-order valence-electron chi connectivity index (χ3n) is 3.27. The number of thioether (sulfide) groups is 1. The van der Waals surface area contributed by atoms with Crippen molar-refractivity contribution in [3.8, 4) is 0 Å². The molecule has 1 aliphatic heterocycles. The Kier molecular flexibility index (Phi) is 7.17. The van der Waals surface area contributed by atoms with Crippen molar-refractivity contribution in [1.29, 1.82) is 0 Å². The highest BCUT2D eigenvalue weighted by Gasteiger charge is 2.16. The number of ether oxygens (including phenoxy) is 2. The third-order valence-corrected chi connectivity index (χ3v) is 4.75. The highest BCUT2D eigenvalue weighted by atomic mass is 35.5. The summed E-state index contributed by atoms with van der Waals surface area (Å²) >= 11 is 7.96. The first-order valence-electron chi connectivity index (χ1n) is 7.02. The Balaban J connectivity index is 1.88. The lowest BCUT2D eigenvalue weighted by Crippen LogP contribution is -2.19. The van der Waals surface area contributed by atoms with Crippen LogP contribution in [0.1, 0.15) is 18.4 Å². The Morgan fingerprint density at radius 3 is 3.15 bits per heavy atom. The minimum Gasteiger partial charge on any atom is -0.383 e. The van der Waals surface area contributed by atoms with Crippen molar-refractivity contribution >= 4 is 23.4 Å². The van der Waals surface area contributed by atoms with Gasteiger partial charge in [-0.25, -0.2) is 0 Å². The van der Waals surface area contributed by atoms with Gasteiger partial charge in [0.15, 0.2) is 0 Å². The van der Waals surface area contributed by atoms with Gasteiger partial charge in [-0.3, -0.25) is 0 Å². The van der Waals surface area contributed by atoms with Crippen LogP contribution in [0, 0.1) is 0 Å². The van der Waals surface area contributed by atoms with Crippen LogP contribution in [0.2, 0.25) is 5.02 Å². The van der Waals surface area contributed by atoms with E-state index in [0.29, 0.717) is 6.10 Å². The molecule has 1 saturated heterocycles. The second-order valence-electron chi connectivity index (χ2n) is 4.87. The van der Waals surface area contributed by atoms with Gasteiger partial charge in [0.2, 0.25) is 0 Å². The van der Waals surface area contributed by atoms with E-state index in [4.69, 9.17) is 21.1 Å². The summed E-state index contributed by atoms with van der Waals surface area (Å²) in [5.74, 6) is 1.02. The number of nitrogens with one attached hydrogen (secondary N) is 1. The summed E-state index contributed by atoms with van der Waals surface area (Å²) in [5, 5.41) is 4.16. The molecule has 0 bridgehead atoms. The Morgan fingerprint density at radius 1 is 1.50 bits per heavy atom. The first kappa shape index (κ1) is 16.1. The van der Waals surface area contributed by atoms with Crippen LogP contribution in [0.15, 0.2) is 23.1 Å². The molecule has 0 aliphatic carbocycles. The van der Waals surface area contributed by atoms with Crippen molar-refractivity contribution in [1.82, 2.24) is 5.32 Å². The van der Waals surface area contributed by atoms with Crippen LogP contribution < -0.4 is 5.32 Å². The number of hydrogen-bond donors (Lipinski definition) is 1. The number of rotatable bonds is 8. The maximum Gasteiger partial charge on any atom is 0.0669 e. The Hall–Kier alpha value is -0.260. The largest absolute Gasteiger partial charge is 0.383 e. The molecule has 1 fully saturated rings. The molecular formula is C15H22ClNO2S. The lowest BCUT2D eigenvalue weighted by Gasteiger charge is -2.13. The molecule has 0 spiro atoms. The third kappa shape index (κ3) is 5.26. The molecule has 1 aliphatic rings. The first-order chi connectivity index (χ1) is 9.79. The quantitative estimate of drug-likeness (QED) is 0.589. The molecule has 1 aromatic carbocycles. The average Bonchev–Trinajstić information content (AvgIpc) is 2.96. The number of hydrogen-bond acceptors (Lipinski definition) is 4. The van der Waals surface area contributed by atoms with E-state index >= 15 is 0 Å². The van der Waals surface area contributed by atoms with Crippen LogP contribution >= 0.6 is 23.4 Å². The monoisotopic (exact) mass is 315 g/mol. The fourth-order valence-electron chi connectivity index (χ4n) is 2.18. The van der Waals surface area contributed by atoms with E-state index in [0.717, 1.165) is 37.1 Å². The van der Waals surface area contributed by atoms with E-state index in [1.165, 1.54) is 23.3 Å². The summed E-state index contributed by atoms with van der Waals surface area (Å²) in [7, 11) is 1.71. The molecule has 2 rings (SSSR count). The maximum atomic E-state index is 6.10. The van der Waals surface area contributed by atoms with Crippen molar-refractivity contribution in [2.24, 2.45) is 0 Å². The van der Waals surface area contributed by atoms with Crippen molar-refractivity contribution in [2.75, 3.05) is 32.6 Å². The summed E-state index contributed by atoms with van der Waals surface area (Å²) in [6, 6.07) is 6.10. The van der Waals surface area contributed by atoms with Crippen molar-refractivity contribution in [3.63, 3.8) is 0 Å². The van der Waals surface area contributed by atoms with E-state index in [1.54, 1.807) is 7.11 Å². The molecule has 0 aromatic heterocycles. The molecule has 1 N–H and O–H groups in total. The summed E-state index contributed by atoms with van der Waals surface area (Å²) in [5.41, 5.74) is 1.25. The lowest BCUT2D eigenvalue weighted by molar-refractivity contribution is 0.129. The van der Waals surface area contributed by atoms with Gasteiger partial charge in [-0.15, -0.1) is 11.8 Å². The van der Waals surface area contributed by atoms with E-state index in [-0.39, 0.29) is 0 Å². The summed E-state index contributed by atoms with van der Waals surface area (Å²) in [6.45, 7) is 3.30. The summed E-state index contributed by atoms with van der Waals surface area (Å²) in [4.78, 5) is 1.29. The van der Waals surface area contributed by atoms with Crippen molar-refractivity contribution < 1.29 is 9.47 Å². The second-order valence-corrected chi connectivity index (χ2v) is 6.37. The zero-order valence-electron chi connectivity index (χ0n) is 11.9. The van der Waals surface area contributed by atoms with Crippen molar-refractivity contribution in [3.05, 3.63) is 28.8 Å². The van der Waals surface area contributed by atoms with Gasteiger partial charge in [-0.05, 0) is 36.6 Å². The fourth-order valence-corrected chi connectivity index (χ4v) is 3.49. The molecule has 0 amide bonds. The van der Waals surface area contributed by atoms with Crippen LogP contribution in [0.5, 0.6) is 0 Å². The Labute approximate surface area is 130 Å². The van der Waals surface area contributed by atoms with E-state index in [9.17, 15) is 0 Å². The molecule has 20 heavy (non-hydrogen) atoms. The zero-order chi connectivity index (χ0) is 14.2. The van der Waals surface area contributed by atoms with Crippen LogP contribution in [-0.2, 0) is 16.0 Å². The molecule has 112 valence electrons. The van der Waals surface area contributed by atoms with Gasteiger partial charge >= 0.3 is 0 Å². The molecular weight excluding hydrogens is 294 g/mol. The number of benzene rings is 1. The van der Waals surface area contributed by atoms with Crippen LogP contribution in [-0.4, -0.2) is 38.7 Å². The second kappa shape index (κ2) is 8.90. The molecule has 1 heterocycles. The van der Waals surface area contributed by atoms with Crippen molar-refractivity contribution in [2.45, 2.75) is 30.4 Å². The van der Waals surface area contributed by atoms with Gasteiger partial charge in [-0.1, -0.05) is 11.6 Å². The Bertz CT molecular complexity index is 411. The summed E-state index contributed by atoms with van der Waals surface area (Å²) < 4.78 is 10.7. The fraction of sp³-hybridized carbons (Fsp3) is 0.600. The van der Waals surface area contributed by atoms with E-state index in [1.807, 2.05) is 23.9 Å². The maximum absolute atomic E-state index is 6.10. The normalized spacial score (nSPS) is 18.6. The standard InChI is InChI=1S/C15H22ClNO2S/c1-18-8-6-17-10-12-9-13(16)4-5-15(12)20-11-14-3-2-7-19-14/h4-5,9,14,17H,2-3,6-8,10-11H2,1H3. The van der Waals surface area contributed by atoms with Crippen LogP contribution in [0.4, 0.5) is 0 Å². The van der Waals surface area contributed by atoms with Gasteiger partial charge in [0, 0.05) is 42.5 Å². The SMILES string of the molecule is COCCNCc1cc(Cl)ccc1SCC1CCCO1. The van der Waals surface area contributed by atoms with Gasteiger partial charge in [0.25, 0.3) is 0 Å². The Morgan fingerprint density at radius 2 is 2.40 bits per heavy atom. The lowest BCUT2D eigenvalue weighted by atomic mass is 10.2. The highest BCUT2D eigenvalue weighted by Crippen LogP contribution is 2.28. The van der Waals surface area contributed by atoms with E-state index < -0.39 is 0 Å². The number of halogens is 1. The molecule has 1 aromatic rings. The highest BCUT2D eigenvalue weighted by molar-refractivity contribution is 7.99. The molecule has 5 heteroatoms. The predicted molar refractivity (Wildman–Crippen MR) is 84.7 cm³/mol. The van der Waals surface area contributed by atoms with Gasteiger partial charge in [0.05, 0.1) is 12.7 Å². The van der Waals surface area contributed by atoms with Crippen LogP contribution in [0.3, 0.4) is 0 Å². The van der Waals surface area contributed by atoms with Gasteiger partial charge < -0.3 is 14.8 Å². The molecule has 1 unspecified atom stereocenters. The minimum absolute atomic E-state index is 0.407. The molecule has 3 nitrogen and oxygen atoms in total. The average molecular weight is 316 g/mol.